The zero-order valence-corrected chi connectivity index (χ0v) is 29.9. The van der Waals surface area contributed by atoms with E-state index in [1.807, 2.05) is 24.3 Å². The summed E-state index contributed by atoms with van der Waals surface area (Å²) in [4.78, 5) is 67.9. The molecular weight excluding hydrogens is 733 g/mol. The minimum Gasteiger partial charge on any atom is -0.492 e. The zero-order valence-electron chi connectivity index (χ0n) is 29.9. The molecule has 0 radical (unpaired) electrons. The SMILES string of the molecule is O=C1CCC(N2C(=O)c3ccc(OCCN4CCC(OC5CN(c6ncc(-c7ccn8c(n7)nc7ccccc78)cc6C(F)(F)F)C5)CC4)cc3C2=O)C(=O)N1. The number of pyridine rings is 1. The van der Waals surface area contributed by atoms with Gasteiger partial charge >= 0.3 is 6.18 Å². The van der Waals surface area contributed by atoms with E-state index in [0.717, 1.165) is 47.9 Å². The molecule has 4 aliphatic rings. The highest BCUT2D eigenvalue weighted by Gasteiger charge is 2.45. The summed E-state index contributed by atoms with van der Waals surface area (Å²) in [5.74, 6) is -1.59. The highest BCUT2D eigenvalue weighted by molar-refractivity contribution is 6.23. The number of aromatic nitrogens is 4. The molecule has 1 N–H and O–H groups in total. The number of rotatable bonds is 9. The van der Waals surface area contributed by atoms with Crippen LogP contribution in [0, 0.1) is 0 Å². The standard InChI is InChI=1S/C39H35F3N8O6/c40-39(41,42)28-17-22(29-11-14-49-31-4-2-1-3-30(31)45-38(49)44-29)19-43-34(28)48-20-25(21-48)56-23-9-12-47(13-10-23)15-16-55-24-5-6-26-27(18-24)37(54)50(36(26)53)32-7-8-33(51)46-35(32)52/h1-6,11,14,17-19,23,25,32H,7-10,12-13,15-16,20-21H2,(H,46,51,52). The van der Waals surface area contributed by atoms with Crippen LogP contribution in [0.3, 0.4) is 0 Å². The van der Waals surface area contributed by atoms with Crippen molar-refractivity contribution in [3.8, 4) is 17.0 Å². The Morgan fingerprint density at radius 1 is 0.875 bits per heavy atom. The molecule has 3 saturated heterocycles. The maximum atomic E-state index is 14.3. The van der Waals surface area contributed by atoms with Crippen molar-refractivity contribution in [3.05, 3.63) is 83.7 Å². The second-order valence-electron chi connectivity index (χ2n) is 14.4. The molecule has 3 aromatic heterocycles. The number of alkyl halides is 3. The van der Waals surface area contributed by atoms with Crippen LogP contribution in [0.2, 0.25) is 0 Å². The van der Waals surface area contributed by atoms with Crippen LogP contribution in [0.1, 0.15) is 52.0 Å². The number of piperidine rings is 2. The van der Waals surface area contributed by atoms with Gasteiger partial charge in [-0.3, -0.25) is 38.7 Å². The third kappa shape index (κ3) is 6.59. The number of nitrogens with zero attached hydrogens (tertiary/aromatic N) is 7. The maximum Gasteiger partial charge on any atom is 0.419 e. The molecule has 1 unspecified atom stereocenters. The van der Waals surface area contributed by atoms with Gasteiger partial charge in [-0.15, -0.1) is 0 Å². The summed E-state index contributed by atoms with van der Waals surface area (Å²) in [5.41, 5.74) is 1.70. The van der Waals surface area contributed by atoms with Crippen LogP contribution < -0.4 is 15.0 Å². The number of anilines is 1. The molecule has 3 fully saturated rings. The number of imidazole rings is 1. The smallest absolute Gasteiger partial charge is 0.419 e. The van der Waals surface area contributed by atoms with Crippen molar-refractivity contribution in [2.45, 2.75) is 50.1 Å². The number of benzene rings is 2. The molecule has 0 aliphatic carbocycles. The number of hydrogen-bond donors (Lipinski definition) is 1. The van der Waals surface area contributed by atoms with Crippen molar-refractivity contribution in [3.63, 3.8) is 0 Å². The van der Waals surface area contributed by atoms with Crippen LogP contribution in [0.4, 0.5) is 19.0 Å². The Bertz CT molecular complexity index is 2410. The van der Waals surface area contributed by atoms with Gasteiger partial charge < -0.3 is 14.4 Å². The highest BCUT2D eigenvalue weighted by atomic mass is 19.4. The van der Waals surface area contributed by atoms with Crippen LogP contribution in [-0.4, -0.2) is 110 Å². The molecule has 0 saturated carbocycles. The topological polar surface area (TPSA) is 152 Å². The first kappa shape index (κ1) is 35.7. The van der Waals surface area contributed by atoms with Crippen molar-refractivity contribution < 1.29 is 41.8 Å². The number of fused-ring (bicyclic) bond motifs is 4. The lowest BCUT2D eigenvalue weighted by Crippen LogP contribution is -2.55. The fraction of sp³-hybridized carbons (Fsp3) is 0.359. The van der Waals surface area contributed by atoms with Crippen LogP contribution in [0.5, 0.6) is 5.75 Å². The van der Waals surface area contributed by atoms with E-state index >= 15 is 0 Å². The number of carbonyl (C=O) groups excluding carboxylic acids is 4. The molecule has 4 aliphatic heterocycles. The number of imide groups is 2. The second kappa shape index (κ2) is 14.0. The molecule has 1 atom stereocenters. The van der Waals surface area contributed by atoms with Gasteiger partial charge in [-0.05, 0) is 61.7 Å². The number of carbonyl (C=O) groups is 4. The second-order valence-corrected chi connectivity index (χ2v) is 14.4. The Labute approximate surface area is 317 Å². The minimum absolute atomic E-state index is 0.0235. The number of amides is 4. The van der Waals surface area contributed by atoms with E-state index in [1.165, 1.54) is 18.3 Å². The van der Waals surface area contributed by atoms with Crippen molar-refractivity contribution in [2.24, 2.45) is 0 Å². The Morgan fingerprint density at radius 3 is 2.45 bits per heavy atom. The van der Waals surface area contributed by atoms with Gasteiger partial charge in [0, 0.05) is 57.1 Å². The molecule has 0 bridgehead atoms. The summed E-state index contributed by atoms with van der Waals surface area (Å²) in [6, 6.07) is 13.9. The van der Waals surface area contributed by atoms with Crippen molar-refractivity contribution in [2.75, 3.05) is 44.2 Å². The van der Waals surface area contributed by atoms with Gasteiger partial charge in [-0.1, -0.05) is 12.1 Å². The first-order chi connectivity index (χ1) is 27.0. The van der Waals surface area contributed by atoms with Gasteiger partial charge in [0.25, 0.3) is 11.8 Å². The Balaban J connectivity index is 0.751. The molecule has 0 spiro atoms. The number of hydrogen-bond acceptors (Lipinski definition) is 11. The molecule has 2 aromatic carbocycles. The van der Waals surface area contributed by atoms with E-state index < -0.39 is 41.4 Å². The number of likely N-dealkylation sites (tertiary alicyclic amines) is 1. The fourth-order valence-corrected chi connectivity index (χ4v) is 7.84. The molecular formula is C39H35F3N8O6. The largest absolute Gasteiger partial charge is 0.492 e. The van der Waals surface area contributed by atoms with Gasteiger partial charge in [0.2, 0.25) is 17.6 Å². The van der Waals surface area contributed by atoms with Gasteiger partial charge in [-0.25, -0.2) is 15.0 Å². The van der Waals surface area contributed by atoms with E-state index in [1.54, 1.807) is 27.6 Å². The van der Waals surface area contributed by atoms with E-state index in [-0.39, 0.29) is 47.6 Å². The zero-order chi connectivity index (χ0) is 38.7. The quantitative estimate of drug-likeness (QED) is 0.216. The molecule has 4 amide bonds. The van der Waals surface area contributed by atoms with Crippen LogP contribution in [0.25, 0.3) is 28.1 Å². The molecule has 5 aromatic rings. The molecule has 17 heteroatoms. The minimum atomic E-state index is -4.62. The van der Waals surface area contributed by atoms with E-state index in [0.29, 0.717) is 43.5 Å². The van der Waals surface area contributed by atoms with Crippen molar-refractivity contribution in [1.29, 1.82) is 0 Å². The summed E-state index contributed by atoms with van der Waals surface area (Å²) in [7, 11) is 0. The van der Waals surface area contributed by atoms with Crippen LogP contribution >= 0.6 is 0 Å². The van der Waals surface area contributed by atoms with E-state index in [2.05, 4.69) is 25.2 Å². The number of nitrogens with one attached hydrogen (secondary N) is 1. The first-order valence-electron chi connectivity index (χ1n) is 18.4. The normalized spacial score (nSPS) is 19.9. The molecule has 14 nitrogen and oxygen atoms in total. The Morgan fingerprint density at radius 2 is 1.66 bits per heavy atom. The summed E-state index contributed by atoms with van der Waals surface area (Å²) in [5, 5.41) is 2.19. The predicted octanol–water partition coefficient (Wildman–Crippen LogP) is 4.11. The molecule has 288 valence electrons. The van der Waals surface area contributed by atoms with Crippen molar-refractivity contribution >= 4 is 46.3 Å². The fourth-order valence-electron chi connectivity index (χ4n) is 7.84. The number of para-hydroxylation sites is 2. The Kier molecular flexibility index (Phi) is 8.92. The molecule has 56 heavy (non-hydrogen) atoms. The lowest BCUT2D eigenvalue weighted by atomic mass is 10.0. The van der Waals surface area contributed by atoms with E-state index in [9.17, 15) is 32.3 Å². The highest BCUT2D eigenvalue weighted by Crippen LogP contribution is 2.39. The summed E-state index contributed by atoms with van der Waals surface area (Å²) in [6.45, 7) is 3.04. The van der Waals surface area contributed by atoms with Gasteiger partial charge in [0.1, 0.15) is 24.2 Å². The van der Waals surface area contributed by atoms with Crippen LogP contribution in [0.15, 0.2) is 67.0 Å². The Hall–Kier alpha value is -5.94. The van der Waals surface area contributed by atoms with Crippen molar-refractivity contribution in [1.82, 2.24) is 34.5 Å². The first-order valence-corrected chi connectivity index (χ1v) is 18.4. The lowest BCUT2D eigenvalue weighted by Gasteiger charge is -2.43. The van der Waals surface area contributed by atoms with Crippen LogP contribution in [-0.2, 0) is 20.5 Å². The van der Waals surface area contributed by atoms with Gasteiger partial charge in [0.05, 0.1) is 45.6 Å². The molecule has 9 rings (SSSR count). The predicted molar refractivity (Wildman–Crippen MR) is 194 cm³/mol. The average molecular weight is 769 g/mol. The third-order valence-electron chi connectivity index (χ3n) is 10.8. The monoisotopic (exact) mass is 768 g/mol. The third-order valence-corrected chi connectivity index (χ3v) is 10.8. The van der Waals surface area contributed by atoms with E-state index in [4.69, 9.17) is 9.47 Å². The number of ether oxygens (including phenoxy) is 2. The van der Waals surface area contributed by atoms with Gasteiger partial charge in [0.15, 0.2) is 0 Å². The summed E-state index contributed by atoms with van der Waals surface area (Å²) < 4.78 is 57.0. The summed E-state index contributed by atoms with van der Waals surface area (Å²) >= 11 is 0. The maximum absolute atomic E-state index is 14.3. The lowest BCUT2D eigenvalue weighted by molar-refractivity contribution is -0.138. The molecule has 7 heterocycles. The number of halogens is 3. The average Bonchev–Trinajstić information content (AvgIpc) is 3.66. The van der Waals surface area contributed by atoms with Gasteiger partial charge in [-0.2, -0.15) is 13.2 Å². The summed E-state index contributed by atoms with van der Waals surface area (Å²) in [6.07, 6.45) is -0.0533.